The lowest BCUT2D eigenvalue weighted by atomic mass is 9.95. The van der Waals surface area contributed by atoms with Gasteiger partial charge in [-0.1, -0.05) is 0 Å². The Morgan fingerprint density at radius 3 is 0.891 bits per heavy atom. The summed E-state index contributed by atoms with van der Waals surface area (Å²) in [7, 11) is 0. The fourth-order valence-electron chi connectivity index (χ4n) is 7.33. The second-order valence-electron chi connectivity index (χ2n) is 14.1. The molecule has 0 aromatic carbocycles. The van der Waals surface area contributed by atoms with Crippen LogP contribution >= 0.6 is 0 Å². The van der Waals surface area contributed by atoms with Gasteiger partial charge in [-0.05, 0) is 0 Å². The van der Waals surface area contributed by atoms with Gasteiger partial charge in [-0.3, -0.25) is 0 Å². The van der Waals surface area contributed by atoms with E-state index in [-0.39, 0.29) is 0 Å². The van der Waals surface area contributed by atoms with Crippen molar-refractivity contribution in [1.82, 2.24) is 0 Å². The maximum Gasteiger partial charge on any atom is 0.187 e. The Hall–Kier alpha value is -1.00. The van der Waals surface area contributed by atoms with Crippen LogP contribution in [0.25, 0.3) is 0 Å². The molecule has 13 rings (SSSR count). The Morgan fingerprint density at radius 1 is 0.291 bits per heavy atom. The van der Waals surface area contributed by atoms with E-state index < -0.39 is 187 Å². The number of rotatable bonds is 4. The summed E-state index contributed by atoms with van der Waals surface area (Å²) in [5, 5.41) is 161. The molecule has 0 spiro atoms. The molecule has 13 fully saturated rings. The average molecular weight is 811 g/mol. The van der Waals surface area contributed by atoms with Crippen LogP contribution in [0.3, 0.4) is 0 Å². The lowest BCUT2D eigenvalue weighted by Gasteiger charge is -2.49. The normalized spacial score (nSPS) is 55.6. The number of hydrogen-bond donors (Lipinski definition) is 15. The molecule has 0 amide bonds. The van der Waals surface area contributed by atoms with Crippen molar-refractivity contribution in [2.24, 2.45) is 0 Å². The fraction of sp³-hybridized carbons (Fsp3) is 1.00. The van der Waals surface area contributed by atoms with Gasteiger partial charge in [0.25, 0.3) is 0 Å². The van der Waals surface area contributed by atoms with Crippen molar-refractivity contribution in [2.75, 3.05) is 33.0 Å². The van der Waals surface area contributed by atoms with Crippen molar-refractivity contribution in [3.8, 4) is 0 Å². The fourth-order valence-corrected chi connectivity index (χ4v) is 7.33. The van der Waals surface area contributed by atoms with E-state index in [1.165, 1.54) is 0 Å². The predicted octanol–water partition coefficient (Wildman–Crippen LogP) is -10.9. The van der Waals surface area contributed by atoms with Crippen LogP contribution in [0.4, 0.5) is 0 Å². The molecule has 15 N–H and O–H groups in total. The topological polar surface area (TPSA) is 396 Å². The average Bonchev–Trinajstić information content (AvgIpc) is 3.18. The number of ether oxygens (including phenoxy) is 10. The molecule has 13 aliphatic heterocycles. The Labute approximate surface area is 310 Å². The Kier molecular flexibility index (Phi) is 14.3. The van der Waals surface area contributed by atoms with Crippen LogP contribution in [0, 0.1) is 0 Å². The van der Waals surface area contributed by atoms with E-state index >= 15 is 0 Å². The zero-order chi connectivity index (χ0) is 40.0. The van der Waals surface area contributed by atoms with Crippen molar-refractivity contribution in [1.29, 1.82) is 0 Å². The van der Waals surface area contributed by atoms with E-state index in [0.29, 0.717) is 0 Å². The summed E-state index contributed by atoms with van der Waals surface area (Å²) in [6, 6.07) is 0. The van der Waals surface area contributed by atoms with Crippen molar-refractivity contribution in [2.45, 2.75) is 154 Å². The Balaban J connectivity index is 1.32. The monoisotopic (exact) mass is 810 g/mol. The van der Waals surface area contributed by atoms with E-state index in [1.807, 2.05) is 0 Å². The Morgan fingerprint density at radius 2 is 0.564 bits per heavy atom. The smallest absolute Gasteiger partial charge is 0.187 e. The lowest BCUT2D eigenvalue weighted by molar-refractivity contribution is -0.390. The highest BCUT2D eigenvalue weighted by molar-refractivity contribution is 4.99. The van der Waals surface area contributed by atoms with Crippen LogP contribution in [-0.2, 0) is 47.4 Å². The third-order valence-electron chi connectivity index (χ3n) is 10.5. The quantitative estimate of drug-likeness (QED) is 0.125. The van der Waals surface area contributed by atoms with Crippen LogP contribution in [0.15, 0.2) is 0 Å². The van der Waals surface area contributed by atoms with Crippen molar-refractivity contribution in [3.63, 3.8) is 0 Å². The molecular formula is C30H50O25. The van der Waals surface area contributed by atoms with Gasteiger partial charge < -0.3 is 124 Å². The van der Waals surface area contributed by atoms with E-state index in [2.05, 4.69) is 0 Å². The van der Waals surface area contributed by atoms with Crippen LogP contribution < -0.4 is 0 Å². The van der Waals surface area contributed by atoms with Gasteiger partial charge in [0.15, 0.2) is 31.5 Å². The van der Waals surface area contributed by atoms with Gasteiger partial charge >= 0.3 is 0 Å². The summed E-state index contributed by atoms with van der Waals surface area (Å²) in [5.41, 5.74) is 0. The first-order chi connectivity index (χ1) is 26.1. The molecule has 320 valence electrons. The molecule has 0 aromatic heterocycles. The highest BCUT2D eigenvalue weighted by Crippen LogP contribution is 2.36. The zero-order valence-electron chi connectivity index (χ0n) is 28.8. The third-order valence-corrected chi connectivity index (χ3v) is 10.5. The zero-order valence-corrected chi connectivity index (χ0v) is 28.8. The van der Waals surface area contributed by atoms with Gasteiger partial charge in [0.2, 0.25) is 0 Å². The van der Waals surface area contributed by atoms with Crippen molar-refractivity contribution < 1.29 is 124 Å². The Bertz CT molecular complexity index is 1180. The molecule has 25 nitrogen and oxygen atoms in total. The molecule has 0 saturated carbocycles. The summed E-state index contributed by atoms with van der Waals surface area (Å²) in [4.78, 5) is 0. The molecule has 25 atom stereocenters. The minimum absolute atomic E-state index is 0.754. The number of aliphatic hydroxyl groups excluding tert-OH is 15. The van der Waals surface area contributed by atoms with E-state index in [4.69, 9.17) is 47.4 Å². The molecular weight excluding hydrogens is 760 g/mol. The van der Waals surface area contributed by atoms with Crippen molar-refractivity contribution in [3.05, 3.63) is 0 Å². The van der Waals surface area contributed by atoms with Crippen molar-refractivity contribution >= 4 is 0 Å². The molecule has 13 saturated heterocycles. The predicted molar refractivity (Wildman–Crippen MR) is 163 cm³/mol. The maximum absolute atomic E-state index is 11.1. The second-order valence-corrected chi connectivity index (χ2v) is 14.1. The summed E-state index contributed by atoms with van der Waals surface area (Å²) in [5.74, 6) is 0. The minimum atomic E-state index is -2.08. The van der Waals surface area contributed by atoms with Crippen LogP contribution in [0.5, 0.6) is 0 Å². The van der Waals surface area contributed by atoms with Gasteiger partial charge in [-0.15, -0.1) is 0 Å². The standard InChI is InChI=1S/C30H50O25/c31-1-6-22-13(37)18(42)26(47-6)46-5-10-11(35)12(36)17(41)27(51-10)52-23-7(2-32)48-29(19(43)14(23)38)54-25-9(4-34)50-30(21(45)16(25)40)55-24-8(3-33)49-28(53-22)20(44)15(24)39/h6-45H,1-5H2/t6-,7-,8-,9-,10-,11-,12+,13-,14-,15-,16-,17-,18-,19-,20-,21-,22+,23-,24+,25+,26+,27+,28-,29-,30-/m1/s1. The minimum Gasteiger partial charge on any atom is -0.394 e. The number of aliphatic hydroxyl groups is 15. The summed E-state index contributed by atoms with van der Waals surface area (Å²) in [6.07, 6.45) is -46.5. The molecule has 0 unspecified atom stereocenters. The van der Waals surface area contributed by atoms with Crippen LogP contribution in [-0.4, -0.2) is 263 Å². The summed E-state index contributed by atoms with van der Waals surface area (Å²) < 4.78 is 56.1. The first kappa shape index (κ1) is 43.6. The van der Waals surface area contributed by atoms with Gasteiger partial charge in [0.1, 0.15) is 122 Å². The second kappa shape index (κ2) is 18.1. The lowest BCUT2D eigenvalue weighted by Crippen LogP contribution is -2.67. The molecule has 0 aromatic rings. The highest BCUT2D eigenvalue weighted by Gasteiger charge is 2.57. The molecule has 55 heavy (non-hydrogen) atoms. The maximum atomic E-state index is 11.1. The van der Waals surface area contributed by atoms with Gasteiger partial charge in [-0.25, -0.2) is 0 Å². The SMILES string of the molecule is OC[C@H]1O[C@@H]2OC[C@H]3O[C@@H](O[C@H]4[C@H](O)[C@@H](O)[C@@H](O[C@@H]5[C@H](O)[C@@H](O)[C@@H](O[C@@H]6[C@H](O)[C@@H](O)[C@@H](O[C@@H]1[C@H](O)[C@H]2O)O[C@@H]6CO)O[C@@H]5CO)O[C@@H]4CO)[C@H](O)[C@@H](O)[C@@H]3O. The molecule has 13 heterocycles. The van der Waals surface area contributed by atoms with Gasteiger partial charge in [0.05, 0.1) is 33.0 Å². The van der Waals surface area contributed by atoms with Gasteiger partial charge in [-0.2, -0.15) is 0 Å². The molecule has 25 heteroatoms. The molecule has 0 aliphatic carbocycles. The largest absolute Gasteiger partial charge is 0.394 e. The first-order valence-electron chi connectivity index (χ1n) is 17.6. The highest BCUT2D eigenvalue weighted by atomic mass is 16.8. The van der Waals surface area contributed by atoms with Crippen LogP contribution in [0.1, 0.15) is 0 Å². The van der Waals surface area contributed by atoms with Crippen LogP contribution in [0.2, 0.25) is 0 Å². The summed E-state index contributed by atoms with van der Waals surface area (Å²) >= 11 is 0. The third kappa shape index (κ3) is 8.41. The molecule has 13 aliphatic rings. The first-order valence-corrected chi connectivity index (χ1v) is 17.6. The number of hydrogen-bond acceptors (Lipinski definition) is 25. The van der Waals surface area contributed by atoms with E-state index in [9.17, 15) is 76.6 Å². The van der Waals surface area contributed by atoms with Gasteiger partial charge in [0, 0.05) is 0 Å². The van der Waals surface area contributed by atoms with E-state index in [1.54, 1.807) is 0 Å². The molecule has 10 bridgehead atoms. The molecule has 0 radical (unpaired) electrons. The summed E-state index contributed by atoms with van der Waals surface area (Å²) in [6.45, 7) is -4.48. The van der Waals surface area contributed by atoms with E-state index in [0.717, 1.165) is 0 Å².